The van der Waals surface area contributed by atoms with Crippen molar-refractivity contribution in [3.8, 4) is 0 Å². The van der Waals surface area contributed by atoms with Gasteiger partial charge in [0.05, 0.1) is 15.9 Å². The third-order valence-corrected chi connectivity index (χ3v) is 3.86. The molecule has 0 spiro atoms. The Labute approximate surface area is 104 Å². The van der Waals surface area contributed by atoms with Crippen LogP contribution in [0.1, 0.15) is 24.7 Å². The Morgan fingerprint density at radius 2 is 2.27 bits per heavy atom. The van der Waals surface area contributed by atoms with Gasteiger partial charge in [-0.1, -0.05) is 6.92 Å². The van der Waals surface area contributed by atoms with Gasteiger partial charge in [0.15, 0.2) is 0 Å². The van der Waals surface area contributed by atoms with Gasteiger partial charge < -0.3 is 5.32 Å². The second-order valence-electron chi connectivity index (χ2n) is 3.61. The lowest BCUT2D eigenvalue weighted by Crippen LogP contribution is -2.23. The quantitative estimate of drug-likeness (QED) is 0.846. The van der Waals surface area contributed by atoms with Crippen molar-refractivity contribution in [2.45, 2.75) is 32.2 Å². The van der Waals surface area contributed by atoms with E-state index >= 15 is 0 Å². The molecule has 0 amide bonds. The maximum Gasteiger partial charge on any atom is 0.0739 e. The highest BCUT2D eigenvalue weighted by Crippen LogP contribution is 2.19. The van der Waals surface area contributed by atoms with Gasteiger partial charge in [0, 0.05) is 25.5 Å². The number of hydrogen-bond donors (Lipinski definition) is 1. The molecule has 0 bridgehead atoms. The third-order valence-electron chi connectivity index (χ3n) is 2.36. The van der Waals surface area contributed by atoms with Gasteiger partial charge in [-0.15, -0.1) is 11.6 Å². The zero-order valence-electron chi connectivity index (χ0n) is 9.35. The highest BCUT2D eigenvalue weighted by Gasteiger charge is 2.10. The molecule has 15 heavy (non-hydrogen) atoms. The number of alkyl halides is 1. The number of halogens is 2. The molecule has 1 rings (SSSR count). The molecular weight excluding hydrogens is 277 g/mol. The van der Waals surface area contributed by atoms with Gasteiger partial charge in [0.25, 0.3) is 0 Å². The standard InChI is InChI=1S/C10H17BrClN3/c1-4-8(12)5-13-6-9-10(11)7(2)14-15(9)3/h8,13H,4-6H2,1-3H3. The average Bonchev–Trinajstić information content (AvgIpc) is 2.44. The largest absolute Gasteiger partial charge is 0.310 e. The van der Waals surface area contributed by atoms with Crippen LogP contribution in [0.15, 0.2) is 4.47 Å². The van der Waals surface area contributed by atoms with E-state index in [1.165, 1.54) is 0 Å². The van der Waals surface area contributed by atoms with Crippen molar-refractivity contribution in [2.24, 2.45) is 7.05 Å². The molecule has 0 fully saturated rings. The minimum atomic E-state index is 0.207. The SMILES string of the molecule is CCC(Cl)CNCc1c(Br)c(C)nn1C. The van der Waals surface area contributed by atoms with Crippen molar-refractivity contribution in [1.29, 1.82) is 0 Å². The molecule has 1 aromatic heterocycles. The molecule has 0 saturated heterocycles. The number of rotatable bonds is 5. The first-order valence-corrected chi connectivity index (χ1v) is 6.32. The Hall–Kier alpha value is -0.0600. The molecule has 1 aromatic rings. The molecule has 0 aliphatic heterocycles. The van der Waals surface area contributed by atoms with Gasteiger partial charge in [0.2, 0.25) is 0 Å². The molecule has 0 aliphatic rings. The van der Waals surface area contributed by atoms with Crippen LogP contribution < -0.4 is 5.32 Å². The van der Waals surface area contributed by atoms with Crippen molar-refractivity contribution in [2.75, 3.05) is 6.54 Å². The van der Waals surface area contributed by atoms with Crippen LogP contribution in [0.4, 0.5) is 0 Å². The van der Waals surface area contributed by atoms with E-state index in [2.05, 4.69) is 33.3 Å². The first kappa shape index (κ1) is 13.0. The van der Waals surface area contributed by atoms with Crippen LogP contribution in [0.5, 0.6) is 0 Å². The van der Waals surface area contributed by atoms with Gasteiger partial charge in [-0.2, -0.15) is 5.10 Å². The van der Waals surface area contributed by atoms with Crippen LogP contribution >= 0.6 is 27.5 Å². The van der Waals surface area contributed by atoms with E-state index in [0.29, 0.717) is 0 Å². The van der Waals surface area contributed by atoms with Crippen molar-refractivity contribution >= 4 is 27.5 Å². The second-order valence-corrected chi connectivity index (χ2v) is 5.02. The maximum atomic E-state index is 6.02. The number of aryl methyl sites for hydroxylation is 2. The van der Waals surface area contributed by atoms with Crippen molar-refractivity contribution in [3.63, 3.8) is 0 Å². The lowest BCUT2D eigenvalue weighted by atomic mass is 10.3. The van der Waals surface area contributed by atoms with Crippen LogP contribution in [0.25, 0.3) is 0 Å². The molecule has 1 N–H and O–H groups in total. The van der Waals surface area contributed by atoms with Crippen molar-refractivity contribution in [1.82, 2.24) is 15.1 Å². The minimum absolute atomic E-state index is 0.207. The zero-order valence-corrected chi connectivity index (χ0v) is 11.7. The fourth-order valence-corrected chi connectivity index (χ4v) is 1.95. The number of hydrogen-bond acceptors (Lipinski definition) is 2. The molecule has 1 unspecified atom stereocenters. The molecule has 0 aliphatic carbocycles. The van der Waals surface area contributed by atoms with Crippen LogP contribution in [-0.2, 0) is 13.6 Å². The number of aromatic nitrogens is 2. The summed E-state index contributed by atoms with van der Waals surface area (Å²) in [5.41, 5.74) is 2.18. The first-order valence-electron chi connectivity index (χ1n) is 5.09. The molecule has 86 valence electrons. The zero-order chi connectivity index (χ0) is 11.4. The van der Waals surface area contributed by atoms with Crippen LogP contribution in [-0.4, -0.2) is 21.7 Å². The molecule has 0 aromatic carbocycles. The Balaban J connectivity index is 2.50. The number of nitrogens with one attached hydrogen (secondary N) is 1. The summed E-state index contributed by atoms with van der Waals surface area (Å²) in [6, 6.07) is 0. The summed E-state index contributed by atoms with van der Waals surface area (Å²) < 4.78 is 2.97. The lowest BCUT2D eigenvalue weighted by Gasteiger charge is -2.08. The van der Waals surface area contributed by atoms with Gasteiger partial charge in [-0.05, 0) is 29.3 Å². The molecule has 0 saturated carbocycles. The fourth-order valence-electron chi connectivity index (χ4n) is 1.36. The van der Waals surface area contributed by atoms with Crippen LogP contribution in [0.2, 0.25) is 0 Å². The summed E-state index contributed by atoms with van der Waals surface area (Å²) in [4.78, 5) is 0. The van der Waals surface area contributed by atoms with E-state index in [0.717, 1.165) is 35.4 Å². The molecule has 3 nitrogen and oxygen atoms in total. The van der Waals surface area contributed by atoms with Crippen molar-refractivity contribution < 1.29 is 0 Å². The summed E-state index contributed by atoms with van der Waals surface area (Å²) in [5.74, 6) is 0. The monoisotopic (exact) mass is 293 g/mol. The summed E-state index contributed by atoms with van der Waals surface area (Å²) >= 11 is 9.55. The molecule has 1 heterocycles. The van der Waals surface area contributed by atoms with Crippen LogP contribution in [0, 0.1) is 6.92 Å². The third kappa shape index (κ3) is 3.47. The highest BCUT2D eigenvalue weighted by molar-refractivity contribution is 9.10. The van der Waals surface area contributed by atoms with Gasteiger partial charge >= 0.3 is 0 Å². The highest BCUT2D eigenvalue weighted by atomic mass is 79.9. The Kier molecular flexibility index (Phi) is 5.09. The van der Waals surface area contributed by atoms with E-state index in [1.807, 2.05) is 18.7 Å². The molecule has 1 atom stereocenters. The molecule has 5 heteroatoms. The van der Waals surface area contributed by atoms with Gasteiger partial charge in [-0.3, -0.25) is 4.68 Å². The van der Waals surface area contributed by atoms with E-state index in [4.69, 9.17) is 11.6 Å². The lowest BCUT2D eigenvalue weighted by molar-refractivity contribution is 0.604. The molecular formula is C10H17BrClN3. The predicted octanol–water partition coefficient (Wildman–Crippen LogP) is 2.60. The maximum absolute atomic E-state index is 6.02. The van der Waals surface area contributed by atoms with Gasteiger partial charge in [0.1, 0.15) is 0 Å². The average molecular weight is 295 g/mol. The predicted molar refractivity (Wildman–Crippen MR) is 67.3 cm³/mol. The number of nitrogens with zero attached hydrogens (tertiary/aromatic N) is 2. The van der Waals surface area contributed by atoms with E-state index in [-0.39, 0.29) is 5.38 Å². The van der Waals surface area contributed by atoms with E-state index in [1.54, 1.807) is 0 Å². The second kappa shape index (κ2) is 5.87. The summed E-state index contributed by atoms with van der Waals surface area (Å²) in [6.45, 7) is 5.70. The summed E-state index contributed by atoms with van der Waals surface area (Å²) in [5, 5.41) is 7.86. The summed E-state index contributed by atoms with van der Waals surface area (Å²) in [6.07, 6.45) is 0.986. The topological polar surface area (TPSA) is 29.9 Å². The Morgan fingerprint density at radius 1 is 1.60 bits per heavy atom. The first-order chi connectivity index (χ1) is 7.06. The smallest absolute Gasteiger partial charge is 0.0739 e. The van der Waals surface area contributed by atoms with Crippen molar-refractivity contribution in [3.05, 3.63) is 15.9 Å². The van der Waals surface area contributed by atoms with E-state index < -0.39 is 0 Å². The summed E-state index contributed by atoms with van der Waals surface area (Å²) in [7, 11) is 1.95. The fraction of sp³-hybridized carbons (Fsp3) is 0.700. The van der Waals surface area contributed by atoms with Crippen LogP contribution in [0.3, 0.4) is 0 Å². The van der Waals surface area contributed by atoms with Gasteiger partial charge in [-0.25, -0.2) is 0 Å². The Morgan fingerprint density at radius 3 is 2.73 bits per heavy atom. The molecule has 0 radical (unpaired) electrons. The Bertz CT molecular complexity index is 325. The van der Waals surface area contributed by atoms with E-state index in [9.17, 15) is 0 Å². The normalized spacial score (nSPS) is 13.1. The minimum Gasteiger partial charge on any atom is -0.310 e.